The Morgan fingerprint density at radius 1 is 1.28 bits per heavy atom. The molecule has 0 unspecified atom stereocenters. The van der Waals surface area contributed by atoms with Crippen molar-refractivity contribution in [3.63, 3.8) is 0 Å². The van der Waals surface area contributed by atoms with Gasteiger partial charge in [0.05, 0.1) is 14.7 Å². The number of fused-ring (bicyclic) bond motifs is 1. The van der Waals surface area contributed by atoms with Crippen LogP contribution in [0, 0.1) is 5.82 Å². The van der Waals surface area contributed by atoms with Gasteiger partial charge < -0.3 is 0 Å². The fourth-order valence-electron chi connectivity index (χ4n) is 1.65. The minimum Gasteiger partial charge on any atom is -0.235 e. The van der Waals surface area contributed by atoms with Crippen LogP contribution >= 0.6 is 38.9 Å². The molecule has 0 amide bonds. The van der Waals surface area contributed by atoms with Gasteiger partial charge in [0.25, 0.3) is 0 Å². The Hall–Kier alpha value is -1.04. The Balaban J connectivity index is 2.26. The number of aromatic nitrogens is 2. The molecule has 0 atom stereocenters. The van der Waals surface area contributed by atoms with Crippen molar-refractivity contribution in [1.82, 2.24) is 9.97 Å². The monoisotopic (exact) mass is 342 g/mol. The van der Waals surface area contributed by atoms with Crippen molar-refractivity contribution in [3.8, 4) is 10.4 Å². The summed E-state index contributed by atoms with van der Waals surface area (Å²) < 4.78 is 14.8. The fourth-order valence-corrected chi connectivity index (χ4v) is 3.54. The summed E-state index contributed by atoms with van der Waals surface area (Å²) in [7, 11) is 0. The third-order valence-electron chi connectivity index (χ3n) is 2.48. The zero-order valence-electron chi connectivity index (χ0n) is 8.82. The first kappa shape index (κ1) is 12.0. The standard InChI is InChI=1S/C12H5BrClFN2S/c13-10-6(2-1-3-7(10)15)9-4-8-11(18-9)12(14)17-5-16-8/h1-5H. The van der Waals surface area contributed by atoms with E-state index in [0.29, 0.717) is 9.63 Å². The number of nitrogens with zero attached hydrogens (tertiary/aromatic N) is 2. The topological polar surface area (TPSA) is 25.8 Å². The van der Waals surface area contributed by atoms with Crippen LogP contribution in [0.5, 0.6) is 0 Å². The average Bonchev–Trinajstić information content (AvgIpc) is 2.78. The summed E-state index contributed by atoms with van der Waals surface area (Å²) in [6.45, 7) is 0. The van der Waals surface area contributed by atoms with E-state index in [1.54, 1.807) is 6.07 Å². The molecular weight excluding hydrogens is 339 g/mol. The Kier molecular flexibility index (Phi) is 3.05. The highest BCUT2D eigenvalue weighted by molar-refractivity contribution is 9.10. The predicted molar refractivity (Wildman–Crippen MR) is 75.5 cm³/mol. The van der Waals surface area contributed by atoms with E-state index >= 15 is 0 Å². The molecule has 0 radical (unpaired) electrons. The van der Waals surface area contributed by atoms with Crippen molar-refractivity contribution in [2.24, 2.45) is 0 Å². The quantitative estimate of drug-likeness (QED) is 0.587. The van der Waals surface area contributed by atoms with Crippen LogP contribution in [0.25, 0.3) is 20.7 Å². The molecule has 0 bridgehead atoms. The lowest BCUT2D eigenvalue weighted by Gasteiger charge is -2.01. The summed E-state index contributed by atoms with van der Waals surface area (Å²) in [5, 5.41) is 0.420. The van der Waals surface area contributed by atoms with E-state index in [4.69, 9.17) is 11.6 Å². The largest absolute Gasteiger partial charge is 0.235 e. The molecule has 0 saturated heterocycles. The molecule has 18 heavy (non-hydrogen) atoms. The molecule has 3 rings (SSSR count). The normalized spacial score (nSPS) is 11.1. The highest BCUT2D eigenvalue weighted by atomic mass is 79.9. The van der Waals surface area contributed by atoms with Crippen LogP contribution in [0.3, 0.4) is 0 Å². The predicted octanol–water partition coefficient (Wildman–Crippen LogP) is 4.91. The van der Waals surface area contributed by atoms with Gasteiger partial charge >= 0.3 is 0 Å². The summed E-state index contributed by atoms with van der Waals surface area (Å²) in [5.74, 6) is -0.290. The smallest absolute Gasteiger partial charge is 0.150 e. The van der Waals surface area contributed by atoms with Crippen LogP contribution in [0.2, 0.25) is 5.15 Å². The number of hydrogen-bond acceptors (Lipinski definition) is 3. The molecular formula is C12H5BrClFN2S. The van der Waals surface area contributed by atoms with Crippen molar-refractivity contribution < 1.29 is 4.39 Å². The molecule has 0 N–H and O–H groups in total. The first-order valence-electron chi connectivity index (χ1n) is 5.01. The summed E-state index contributed by atoms with van der Waals surface area (Å²) in [6.07, 6.45) is 1.42. The summed E-state index contributed by atoms with van der Waals surface area (Å²) >= 11 is 10.7. The van der Waals surface area contributed by atoms with E-state index in [1.807, 2.05) is 12.1 Å². The lowest BCUT2D eigenvalue weighted by molar-refractivity contribution is 0.622. The van der Waals surface area contributed by atoms with E-state index in [9.17, 15) is 4.39 Å². The molecule has 0 aliphatic carbocycles. The maximum Gasteiger partial charge on any atom is 0.150 e. The van der Waals surface area contributed by atoms with Gasteiger partial charge in [-0.25, -0.2) is 14.4 Å². The Morgan fingerprint density at radius 2 is 2.11 bits per heavy atom. The van der Waals surface area contributed by atoms with Crippen molar-refractivity contribution >= 4 is 49.1 Å². The van der Waals surface area contributed by atoms with Crippen molar-refractivity contribution in [2.75, 3.05) is 0 Å². The number of hydrogen-bond donors (Lipinski definition) is 0. The SMILES string of the molecule is Fc1cccc(-c2cc3ncnc(Cl)c3s2)c1Br. The first-order valence-corrected chi connectivity index (χ1v) is 7.00. The molecule has 0 saturated carbocycles. The minimum absolute atomic E-state index is 0.290. The van der Waals surface area contributed by atoms with Gasteiger partial charge in [-0.15, -0.1) is 11.3 Å². The van der Waals surface area contributed by atoms with Crippen LogP contribution in [0.1, 0.15) is 0 Å². The molecule has 2 nitrogen and oxygen atoms in total. The third-order valence-corrected chi connectivity index (χ3v) is 4.85. The first-order chi connectivity index (χ1) is 8.66. The van der Waals surface area contributed by atoms with Gasteiger partial charge in [0.15, 0.2) is 0 Å². The van der Waals surface area contributed by atoms with E-state index in [-0.39, 0.29) is 5.82 Å². The van der Waals surface area contributed by atoms with Gasteiger partial charge in [-0.05, 0) is 28.1 Å². The highest BCUT2D eigenvalue weighted by Gasteiger charge is 2.12. The number of benzene rings is 1. The number of rotatable bonds is 1. The molecule has 6 heteroatoms. The van der Waals surface area contributed by atoms with E-state index in [0.717, 1.165) is 20.7 Å². The van der Waals surface area contributed by atoms with Gasteiger partial charge in [0, 0.05) is 10.4 Å². The van der Waals surface area contributed by atoms with Crippen molar-refractivity contribution in [3.05, 3.63) is 46.0 Å². The van der Waals surface area contributed by atoms with Crippen LogP contribution in [-0.4, -0.2) is 9.97 Å². The number of thiophene rings is 1. The molecule has 2 heterocycles. The summed E-state index contributed by atoms with van der Waals surface area (Å²) in [5.41, 5.74) is 1.56. The molecule has 3 aromatic rings. The molecule has 0 aliphatic rings. The fraction of sp³-hybridized carbons (Fsp3) is 0. The van der Waals surface area contributed by atoms with Gasteiger partial charge in [-0.1, -0.05) is 23.7 Å². The van der Waals surface area contributed by atoms with E-state index in [2.05, 4.69) is 25.9 Å². The van der Waals surface area contributed by atoms with Gasteiger partial charge in [0.1, 0.15) is 17.3 Å². The Morgan fingerprint density at radius 3 is 2.89 bits per heavy atom. The lowest BCUT2D eigenvalue weighted by Crippen LogP contribution is -1.80. The second-order valence-electron chi connectivity index (χ2n) is 3.59. The summed E-state index contributed by atoms with van der Waals surface area (Å²) in [4.78, 5) is 8.98. The van der Waals surface area contributed by atoms with Gasteiger partial charge in [-0.2, -0.15) is 0 Å². The molecule has 2 aromatic heterocycles. The van der Waals surface area contributed by atoms with Crippen LogP contribution in [0.4, 0.5) is 4.39 Å². The minimum atomic E-state index is -0.290. The Bertz CT molecular complexity index is 744. The van der Waals surface area contributed by atoms with Gasteiger partial charge in [-0.3, -0.25) is 0 Å². The second-order valence-corrected chi connectivity index (χ2v) is 5.79. The molecule has 0 aliphatic heterocycles. The van der Waals surface area contributed by atoms with Crippen LogP contribution < -0.4 is 0 Å². The van der Waals surface area contributed by atoms with Crippen molar-refractivity contribution in [2.45, 2.75) is 0 Å². The molecule has 0 spiro atoms. The van der Waals surface area contributed by atoms with E-state index in [1.165, 1.54) is 23.7 Å². The maximum atomic E-state index is 13.5. The molecule has 1 aromatic carbocycles. The molecule has 90 valence electrons. The maximum absolute atomic E-state index is 13.5. The zero-order chi connectivity index (χ0) is 12.7. The lowest BCUT2D eigenvalue weighted by atomic mass is 10.2. The van der Waals surface area contributed by atoms with Gasteiger partial charge in [0.2, 0.25) is 0 Å². The third kappa shape index (κ3) is 1.92. The number of halogens is 3. The Labute approximate surface area is 120 Å². The highest BCUT2D eigenvalue weighted by Crippen LogP contribution is 2.39. The summed E-state index contributed by atoms with van der Waals surface area (Å²) in [6, 6.07) is 6.81. The van der Waals surface area contributed by atoms with Crippen LogP contribution in [-0.2, 0) is 0 Å². The van der Waals surface area contributed by atoms with Crippen LogP contribution in [0.15, 0.2) is 35.1 Å². The second kappa shape index (κ2) is 4.57. The average molecular weight is 344 g/mol. The molecule has 0 fully saturated rings. The zero-order valence-corrected chi connectivity index (χ0v) is 12.0. The van der Waals surface area contributed by atoms with E-state index < -0.39 is 0 Å². The van der Waals surface area contributed by atoms with Crippen molar-refractivity contribution in [1.29, 1.82) is 0 Å².